The molecule has 2 aliphatic carbocycles. The normalized spacial score (nSPS) is 26.6. The Morgan fingerprint density at radius 1 is 1.04 bits per heavy atom. The molecule has 1 saturated heterocycles. The SMILES string of the molecule is O=C1N[C@]2(C(=O)NS(=O)(=O)C3CC3)C[C@H]2C=CCCCCC[C@H](Nc2nc(-c3ccc(F)cn3)cs2)C(=O)N2C[C@H](OC(=O)N3Cc4cccc(F)c4C3)C[C@@H]12. The van der Waals surface area contributed by atoms with Crippen LogP contribution in [0.5, 0.6) is 0 Å². The number of halogens is 2. The monoisotopic (exact) mass is 809 g/mol. The van der Waals surface area contributed by atoms with E-state index >= 15 is 0 Å². The topological polar surface area (TPSA) is 180 Å². The molecule has 3 aromatic rings. The van der Waals surface area contributed by atoms with Gasteiger partial charge in [0, 0.05) is 29.8 Å². The van der Waals surface area contributed by atoms with Crippen molar-refractivity contribution in [3.05, 3.63) is 76.8 Å². The fourth-order valence-electron chi connectivity index (χ4n) is 7.71. The van der Waals surface area contributed by atoms with Crippen LogP contribution in [0.15, 0.2) is 54.1 Å². The van der Waals surface area contributed by atoms with E-state index in [1.54, 1.807) is 17.5 Å². The summed E-state index contributed by atoms with van der Waals surface area (Å²) in [6, 6.07) is 5.37. The second-order valence-corrected chi connectivity index (χ2v) is 17.9. The number of thiazole rings is 1. The Labute approximate surface area is 326 Å². The van der Waals surface area contributed by atoms with E-state index in [1.807, 2.05) is 12.2 Å². The number of benzene rings is 1. The van der Waals surface area contributed by atoms with Crippen LogP contribution < -0.4 is 15.4 Å². The van der Waals surface area contributed by atoms with Gasteiger partial charge in [-0.05, 0) is 62.3 Å². The Kier molecular flexibility index (Phi) is 10.3. The maximum atomic E-state index is 14.6. The Hall–Kier alpha value is -4.97. The molecule has 8 rings (SSSR count). The number of pyridine rings is 1. The summed E-state index contributed by atoms with van der Waals surface area (Å²) in [5.41, 5.74) is 0.435. The molecule has 5 aliphatic rings. The number of hydrogen-bond acceptors (Lipinski definition) is 11. The third-order valence-corrected chi connectivity index (χ3v) is 13.7. The number of aromatic nitrogens is 2. The quantitative estimate of drug-likeness (QED) is 0.290. The molecule has 4 amide bonds. The lowest BCUT2D eigenvalue weighted by atomic mass is 10.1. The summed E-state index contributed by atoms with van der Waals surface area (Å²) >= 11 is 1.24. The van der Waals surface area contributed by atoms with Crippen molar-refractivity contribution in [1.82, 2.24) is 29.8 Å². The number of allylic oxidation sites excluding steroid dienone is 1. The highest BCUT2D eigenvalue weighted by Gasteiger charge is 2.62. The van der Waals surface area contributed by atoms with E-state index in [0.29, 0.717) is 59.8 Å². The summed E-state index contributed by atoms with van der Waals surface area (Å²) in [4.78, 5) is 67.5. The molecule has 2 aromatic heterocycles. The minimum Gasteiger partial charge on any atom is -0.444 e. The molecule has 3 aliphatic heterocycles. The standard InChI is InChI=1S/C38H41F2N7O7S2/c39-24-11-14-29(41-17-24)31-21-55-36(43-31)42-30-10-5-3-1-2-4-8-23-16-38(23,35(50)45-56(52,53)26-12-13-26)44-33(48)32-15-25(19-47(32)34(30)49)54-37(51)46-18-22-7-6-9-28(40)27(22)20-46/h4,6-9,11,14,17,21,23,25-26,30,32H,1-3,5,10,12-13,15-16,18-20H2,(H,42,43)(H,44,48)(H,45,50)/t23-,25-,30+,32+,38-/m1/s1. The van der Waals surface area contributed by atoms with Gasteiger partial charge < -0.3 is 20.3 Å². The van der Waals surface area contributed by atoms with Crippen molar-refractivity contribution >= 4 is 50.3 Å². The van der Waals surface area contributed by atoms with Gasteiger partial charge in [0.05, 0.1) is 30.2 Å². The maximum Gasteiger partial charge on any atom is 0.410 e. The van der Waals surface area contributed by atoms with E-state index in [0.717, 1.165) is 19.0 Å². The molecular formula is C38H41F2N7O7S2. The van der Waals surface area contributed by atoms with Crippen molar-refractivity contribution < 1.29 is 41.1 Å². The van der Waals surface area contributed by atoms with Crippen molar-refractivity contribution in [2.75, 3.05) is 11.9 Å². The van der Waals surface area contributed by atoms with Crippen LogP contribution in [0.1, 0.15) is 68.9 Å². The zero-order chi connectivity index (χ0) is 39.2. The van der Waals surface area contributed by atoms with E-state index in [9.17, 15) is 36.4 Å². The van der Waals surface area contributed by atoms with Crippen LogP contribution in [-0.2, 0) is 42.2 Å². The van der Waals surface area contributed by atoms with E-state index in [1.165, 1.54) is 39.3 Å². The average molecular weight is 810 g/mol. The molecule has 56 heavy (non-hydrogen) atoms. The molecule has 3 N–H and O–H groups in total. The van der Waals surface area contributed by atoms with Gasteiger partial charge in [0.25, 0.3) is 5.91 Å². The second-order valence-electron chi connectivity index (χ2n) is 15.1. The third kappa shape index (κ3) is 7.85. The van der Waals surface area contributed by atoms with Crippen LogP contribution in [0.25, 0.3) is 11.4 Å². The van der Waals surface area contributed by atoms with Crippen LogP contribution in [0.2, 0.25) is 0 Å². The van der Waals surface area contributed by atoms with Gasteiger partial charge in [0.1, 0.15) is 41.1 Å². The van der Waals surface area contributed by atoms with Crippen LogP contribution in [0.3, 0.4) is 0 Å². The van der Waals surface area contributed by atoms with E-state index in [-0.39, 0.29) is 32.5 Å². The molecule has 5 atom stereocenters. The van der Waals surface area contributed by atoms with E-state index in [4.69, 9.17) is 4.74 Å². The van der Waals surface area contributed by atoms with Gasteiger partial charge in [-0.2, -0.15) is 0 Å². The Balaban J connectivity index is 1.06. The van der Waals surface area contributed by atoms with Crippen LogP contribution in [-0.4, -0.2) is 87.5 Å². The lowest BCUT2D eigenvalue weighted by molar-refractivity contribution is -0.140. The van der Waals surface area contributed by atoms with Crippen molar-refractivity contribution in [2.24, 2.45) is 5.92 Å². The smallest absolute Gasteiger partial charge is 0.410 e. The number of anilines is 1. The van der Waals surface area contributed by atoms with E-state index < -0.39 is 80.4 Å². The summed E-state index contributed by atoms with van der Waals surface area (Å²) in [5.74, 6) is -3.35. The molecule has 0 bridgehead atoms. The minimum absolute atomic E-state index is 0.00562. The molecule has 0 radical (unpaired) electrons. The molecule has 18 heteroatoms. The summed E-state index contributed by atoms with van der Waals surface area (Å²) in [6.45, 7) is -0.000395. The average Bonchev–Trinajstić information content (AvgIpc) is 3.97. The molecule has 5 heterocycles. The molecule has 0 spiro atoms. The van der Waals surface area contributed by atoms with Crippen molar-refractivity contribution in [3.63, 3.8) is 0 Å². The first kappa shape index (κ1) is 37.9. The molecule has 0 unspecified atom stereocenters. The molecular weight excluding hydrogens is 769 g/mol. The van der Waals surface area contributed by atoms with Crippen LogP contribution in [0.4, 0.5) is 18.7 Å². The highest BCUT2D eigenvalue weighted by molar-refractivity contribution is 7.91. The van der Waals surface area contributed by atoms with Gasteiger partial charge in [-0.1, -0.05) is 37.1 Å². The number of nitrogens with zero attached hydrogens (tertiary/aromatic N) is 4. The zero-order valence-electron chi connectivity index (χ0n) is 30.3. The predicted molar refractivity (Wildman–Crippen MR) is 200 cm³/mol. The summed E-state index contributed by atoms with van der Waals surface area (Å²) < 4.78 is 61.7. The van der Waals surface area contributed by atoms with Gasteiger partial charge in [-0.25, -0.2) is 27.0 Å². The molecule has 3 fully saturated rings. The van der Waals surface area contributed by atoms with Gasteiger partial charge >= 0.3 is 6.09 Å². The molecule has 14 nitrogen and oxygen atoms in total. The highest BCUT2D eigenvalue weighted by Crippen LogP contribution is 2.46. The fraction of sp³-hybridized carbons (Fsp3) is 0.474. The lowest BCUT2D eigenvalue weighted by Gasteiger charge is -2.29. The lowest BCUT2D eigenvalue weighted by Crippen LogP contribution is -2.57. The summed E-state index contributed by atoms with van der Waals surface area (Å²) in [5, 5.41) is 7.55. The largest absolute Gasteiger partial charge is 0.444 e. The number of sulfonamides is 1. The number of nitrogens with one attached hydrogen (secondary N) is 3. The Morgan fingerprint density at radius 3 is 2.64 bits per heavy atom. The number of rotatable bonds is 7. The predicted octanol–water partition coefficient (Wildman–Crippen LogP) is 4.39. The molecule has 1 aromatic carbocycles. The van der Waals surface area contributed by atoms with Gasteiger partial charge in [-0.15, -0.1) is 11.3 Å². The van der Waals surface area contributed by atoms with Crippen molar-refractivity contribution in [3.8, 4) is 11.4 Å². The summed E-state index contributed by atoms with van der Waals surface area (Å²) in [7, 11) is -3.92. The number of fused-ring (bicyclic) bond motifs is 3. The Morgan fingerprint density at radius 2 is 1.88 bits per heavy atom. The highest BCUT2D eigenvalue weighted by atomic mass is 32.2. The third-order valence-electron chi connectivity index (χ3n) is 11.1. The zero-order valence-corrected chi connectivity index (χ0v) is 31.9. The Bertz CT molecular complexity index is 2180. The van der Waals surface area contributed by atoms with Gasteiger partial charge in [0.15, 0.2) is 5.13 Å². The van der Waals surface area contributed by atoms with Gasteiger partial charge in [-0.3, -0.25) is 29.0 Å². The number of hydrogen-bond donors (Lipinski definition) is 3. The number of amides is 4. The fourth-order valence-corrected chi connectivity index (χ4v) is 9.83. The van der Waals surface area contributed by atoms with Crippen LogP contribution >= 0.6 is 11.3 Å². The van der Waals surface area contributed by atoms with Crippen molar-refractivity contribution in [1.29, 1.82) is 0 Å². The van der Waals surface area contributed by atoms with Crippen LogP contribution in [0, 0.1) is 17.6 Å². The first-order chi connectivity index (χ1) is 26.9. The molecule has 2 saturated carbocycles. The first-order valence-electron chi connectivity index (χ1n) is 18.8. The number of carbonyl (C=O) groups excluding carboxylic acids is 4. The maximum absolute atomic E-state index is 14.6. The minimum atomic E-state index is -3.92. The van der Waals surface area contributed by atoms with E-state index in [2.05, 4.69) is 25.3 Å². The molecule has 296 valence electrons. The first-order valence-corrected chi connectivity index (χ1v) is 21.2. The van der Waals surface area contributed by atoms with Crippen molar-refractivity contribution in [2.45, 2.75) is 99.9 Å². The second kappa shape index (κ2) is 15.2. The number of carbonyl (C=O) groups is 4. The summed E-state index contributed by atoms with van der Waals surface area (Å²) in [6.07, 6.45) is 7.46. The number of ether oxygens (including phenoxy) is 1. The van der Waals surface area contributed by atoms with Gasteiger partial charge in [0.2, 0.25) is 21.8 Å².